The zero-order valence-electron chi connectivity index (χ0n) is 9.11. The van der Waals surface area contributed by atoms with Gasteiger partial charge in [0, 0.05) is 17.2 Å². The summed E-state index contributed by atoms with van der Waals surface area (Å²) in [6.45, 7) is 0. The molecule has 1 N–H and O–H groups in total. The number of carbonyl (C=O) groups is 1. The molecule has 0 spiro atoms. The topological polar surface area (TPSA) is 33.0 Å². The van der Waals surface area contributed by atoms with Crippen molar-refractivity contribution >= 4 is 29.1 Å². The molecule has 0 unspecified atom stereocenters. The summed E-state index contributed by atoms with van der Waals surface area (Å²) in [5.74, 6) is -0.289. The SMILES string of the molecule is O=C(N[n+]1ccccc1)c1ccc(Cl)cc1Cl.[Cl-]. The van der Waals surface area contributed by atoms with Gasteiger partial charge in [-0.3, -0.25) is 4.79 Å². The van der Waals surface area contributed by atoms with Crippen molar-refractivity contribution in [3.63, 3.8) is 0 Å². The van der Waals surface area contributed by atoms with Gasteiger partial charge in [0.15, 0.2) is 12.4 Å². The van der Waals surface area contributed by atoms with Crippen LogP contribution in [0.3, 0.4) is 0 Å². The van der Waals surface area contributed by atoms with Crippen LogP contribution in [0.15, 0.2) is 48.8 Å². The van der Waals surface area contributed by atoms with Gasteiger partial charge in [-0.25, -0.2) is 0 Å². The molecule has 1 heterocycles. The molecule has 0 atom stereocenters. The molecule has 2 rings (SSSR count). The minimum atomic E-state index is -0.289. The molecule has 0 bridgehead atoms. The normalized spacial score (nSPS) is 9.44. The summed E-state index contributed by atoms with van der Waals surface area (Å²) in [7, 11) is 0. The number of benzene rings is 1. The van der Waals surface area contributed by atoms with E-state index in [4.69, 9.17) is 23.2 Å². The zero-order chi connectivity index (χ0) is 12.3. The van der Waals surface area contributed by atoms with E-state index in [-0.39, 0.29) is 18.3 Å². The van der Waals surface area contributed by atoms with E-state index in [1.165, 1.54) is 6.07 Å². The molecule has 0 saturated heterocycles. The van der Waals surface area contributed by atoms with E-state index in [9.17, 15) is 4.79 Å². The molecule has 2 aromatic rings. The van der Waals surface area contributed by atoms with Crippen LogP contribution in [-0.4, -0.2) is 5.91 Å². The number of pyridine rings is 1. The molecule has 1 aromatic heterocycles. The Kier molecular flexibility index (Phi) is 5.41. The first-order chi connectivity index (χ1) is 8.16. The van der Waals surface area contributed by atoms with Crippen LogP contribution in [0.5, 0.6) is 0 Å². The lowest BCUT2D eigenvalue weighted by molar-refractivity contribution is -0.641. The van der Waals surface area contributed by atoms with Crippen LogP contribution < -0.4 is 22.5 Å². The summed E-state index contributed by atoms with van der Waals surface area (Å²) in [4.78, 5) is 11.9. The Balaban J connectivity index is 0.00000162. The van der Waals surface area contributed by atoms with Gasteiger partial charge in [-0.2, -0.15) is 0 Å². The number of carbonyl (C=O) groups excluding carboxylic acids is 1. The maximum Gasteiger partial charge on any atom is 0.306 e. The highest BCUT2D eigenvalue weighted by molar-refractivity contribution is 6.36. The molecule has 0 aliphatic carbocycles. The number of rotatable bonds is 2. The van der Waals surface area contributed by atoms with Crippen LogP contribution in [-0.2, 0) is 0 Å². The van der Waals surface area contributed by atoms with Crippen LogP contribution in [0, 0.1) is 0 Å². The third-order valence-electron chi connectivity index (χ3n) is 2.12. The van der Waals surface area contributed by atoms with Crippen molar-refractivity contribution in [2.75, 3.05) is 5.43 Å². The van der Waals surface area contributed by atoms with Crippen molar-refractivity contribution in [1.82, 2.24) is 0 Å². The second-order valence-corrected chi connectivity index (χ2v) is 4.19. The number of halogens is 3. The Morgan fingerprint density at radius 1 is 1.11 bits per heavy atom. The maximum absolute atomic E-state index is 11.9. The van der Waals surface area contributed by atoms with E-state index in [0.29, 0.717) is 15.6 Å². The van der Waals surface area contributed by atoms with E-state index >= 15 is 0 Å². The van der Waals surface area contributed by atoms with Gasteiger partial charge in [0.25, 0.3) is 0 Å². The molecule has 18 heavy (non-hydrogen) atoms. The number of nitrogens with one attached hydrogen (secondary N) is 1. The van der Waals surface area contributed by atoms with Gasteiger partial charge in [0.2, 0.25) is 0 Å². The molecule has 0 fully saturated rings. The Hall–Kier alpha value is -1.29. The molecule has 1 aromatic carbocycles. The summed E-state index contributed by atoms with van der Waals surface area (Å²) in [5.41, 5.74) is 3.05. The quantitative estimate of drug-likeness (QED) is 0.757. The predicted octanol–water partition coefficient (Wildman–Crippen LogP) is -0.331. The van der Waals surface area contributed by atoms with Crippen molar-refractivity contribution in [3.8, 4) is 0 Å². The van der Waals surface area contributed by atoms with Gasteiger partial charge >= 0.3 is 5.91 Å². The highest BCUT2D eigenvalue weighted by Gasteiger charge is 2.13. The van der Waals surface area contributed by atoms with Crippen molar-refractivity contribution in [1.29, 1.82) is 0 Å². The average Bonchev–Trinajstić information content (AvgIpc) is 2.30. The van der Waals surface area contributed by atoms with Gasteiger partial charge in [0.1, 0.15) is 0 Å². The lowest BCUT2D eigenvalue weighted by Gasteiger charge is -2.02. The fraction of sp³-hybridized carbons (Fsp3) is 0. The van der Waals surface area contributed by atoms with Gasteiger partial charge in [-0.05, 0) is 18.2 Å². The van der Waals surface area contributed by atoms with Crippen LogP contribution in [0.4, 0.5) is 0 Å². The van der Waals surface area contributed by atoms with Crippen LogP contribution in [0.1, 0.15) is 10.4 Å². The molecular weight excluding hydrogens is 295 g/mol. The fourth-order valence-corrected chi connectivity index (χ4v) is 1.82. The molecule has 0 aliphatic heterocycles. The maximum atomic E-state index is 11.9. The van der Waals surface area contributed by atoms with Crippen molar-refractivity contribution in [2.24, 2.45) is 0 Å². The van der Waals surface area contributed by atoms with Crippen molar-refractivity contribution in [3.05, 3.63) is 64.4 Å². The Morgan fingerprint density at radius 2 is 1.78 bits per heavy atom. The van der Waals surface area contributed by atoms with E-state index in [0.717, 1.165) is 0 Å². The van der Waals surface area contributed by atoms with Gasteiger partial charge in [-0.15, -0.1) is 5.43 Å². The van der Waals surface area contributed by atoms with Gasteiger partial charge in [-0.1, -0.05) is 33.9 Å². The third-order valence-corrected chi connectivity index (χ3v) is 2.67. The summed E-state index contributed by atoms with van der Waals surface area (Å²) in [5, 5.41) is 0.824. The highest BCUT2D eigenvalue weighted by atomic mass is 35.5. The van der Waals surface area contributed by atoms with Crippen molar-refractivity contribution < 1.29 is 21.9 Å². The Morgan fingerprint density at radius 3 is 2.39 bits per heavy atom. The lowest BCUT2D eigenvalue weighted by atomic mass is 10.2. The molecular formula is C12H9Cl3N2O. The first kappa shape index (κ1) is 14.8. The fourth-order valence-electron chi connectivity index (χ4n) is 1.32. The van der Waals surface area contributed by atoms with E-state index in [1.54, 1.807) is 29.2 Å². The second-order valence-electron chi connectivity index (χ2n) is 3.35. The molecule has 94 valence electrons. The summed E-state index contributed by atoms with van der Waals surface area (Å²) in [6, 6.07) is 10.2. The van der Waals surface area contributed by atoms with E-state index in [2.05, 4.69) is 5.43 Å². The Bertz CT molecular complexity index is 546. The molecule has 0 radical (unpaired) electrons. The number of aromatic nitrogens is 1. The first-order valence-electron chi connectivity index (χ1n) is 4.89. The molecule has 6 heteroatoms. The number of hydrogen-bond donors (Lipinski definition) is 1. The van der Waals surface area contributed by atoms with Gasteiger partial charge in [0.05, 0.1) is 10.6 Å². The highest BCUT2D eigenvalue weighted by Crippen LogP contribution is 2.20. The molecule has 1 amide bonds. The molecule has 0 aliphatic rings. The molecule has 3 nitrogen and oxygen atoms in total. The summed E-state index contributed by atoms with van der Waals surface area (Å²) < 4.78 is 1.55. The number of nitrogens with zero attached hydrogens (tertiary/aromatic N) is 1. The van der Waals surface area contributed by atoms with E-state index < -0.39 is 0 Å². The Labute approximate surface area is 121 Å². The smallest absolute Gasteiger partial charge is 0.306 e. The van der Waals surface area contributed by atoms with Crippen LogP contribution in [0.2, 0.25) is 10.0 Å². The predicted molar refractivity (Wildman–Crippen MR) is 66.8 cm³/mol. The largest absolute Gasteiger partial charge is 1.00 e. The van der Waals surface area contributed by atoms with Crippen LogP contribution >= 0.6 is 23.2 Å². The minimum Gasteiger partial charge on any atom is -1.00 e. The summed E-state index contributed by atoms with van der Waals surface area (Å²) in [6.07, 6.45) is 3.45. The number of amides is 1. The number of hydrogen-bond acceptors (Lipinski definition) is 1. The monoisotopic (exact) mass is 302 g/mol. The average molecular weight is 304 g/mol. The standard InChI is InChI=1S/C12H8Cl2N2O.ClH/c13-9-4-5-10(11(14)8-9)12(17)15-16-6-2-1-3-7-16;/h1-8H;1H. The summed E-state index contributed by atoms with van der Waals surface area (Å²) >= 11 is 11.7. The second kappa shape index (κ2) is 6.59. The van der Waals surface area contributed by atoms with Crippen LogP contribution in [0.25, 0.3) is 0 Å². The third kappa shape index (κ3) is 3.60. The van der Waals surface area contributed by atoms with Gasteiger partial charge < -0.3 is 12.4 Å². The lowest BCUT2D eigenvalue weighted by Crippen LogP contribution is -3.00. The van der Waals surface area contributed by atoms with E-state index in [1.807, 2.05) is 18.2 Å². The minimum absolute atomic E-state index is 0. The molecule has 0 saturated carbocycles. The first-order valence-corrected chi connectivity index (χ1v) is 5.65. The van der Waals surface area contributed by atoms with Crippen molar-refractivity contribution in [2.45, 2.75) is 0 Å². The zero-order valence-corrected chi connectivity index (χ0v) is 11.4.